The van der Waals surface area contributed by atoms with Crippen LogP contribution in [0.2, 0.25) is 0 Å². The fourth-order valence-electron chi connectivity index (χ4n) is 2.60. The average molecular weight is 414 g/mol. The van der Waals surface area contributed by atoms with Crippen molar-refractivity contribution in [3.05, 3.63) is 54.1 Å². The number of primary amides is 1. The standard InChI is InChI=1S/C22H27N3O3S/c1-14(21(28)25-18-8-6-5-7-17(18)20(23)27)29-16-11-9-15(10-12-16)24-19(26)13-22(2,3)4/h5-12,14H,13H2,1-4H3,(H2,23,27)(H,24,26)(H,25,28). The predicted molar refractivity (Wildman–Crippen MR) is 118 cm³/mol. The van der Waals surface area contributed by atoms with E-state index in [1.807, 2.05) is 45.0 Å². The highest BCUT2D eigenvalue weighted by atomic mass is 32.2. The quantitative estimate of drug-likeness (QED) is 0.590. The molecule has 0 aliphatic heterocycles. The monoisotopic (exact) mass is 413 g/mol. The van der Waals surface area contributed by atoms with Crippen molar-refractivity contribution in [2.75, 3.05) is 10.6 Å². The van der Waals surface area contributed by atoms with Gasteiger partial charge in [0.2, 0.25) is 11.8 Å². The molecule has 0 aromatic heterocycles. The Bertz CT molecular complexity index is 889. The number of hydrogen-bond acceptors (Lipinski definition) is 4. The minimum atomic E-state index is -0.592. The van der Waals surface area contributed by atoms with Gasteiger partial charge in [0, 0.05) is 17.0 Å². The number of carbonyl (C=O) groups excluding carboxylic acids is 3. The lowest BCUT2D eigenvalue weighted by Gasteiger charge is -2.17. The second kappa shape index (κ2) is 9.60. The Labute approximate surface area is 175 Å². The molecule has 0 bridgehead atoms. The molecule has 0 saturated carbocycles. The van der Waals surface area contributed by atoms with Crippen LogP contribution in [0.4, 0.5) is 11.4 Å². The molecular weight excluding hydrogens is 386 g/mol. The molecule has 0 aliphatic carbocycles. The first kappa shape index (κ1) is 22.5. The molecule has 2 aromatic rings. The molecule has 154 valence electrons. The van der Waals surface area contributed by atoms with Gasteiger partial charge < -0.3 is 16.4 Å². The van der Waals surface area contributed by atoms with Crippen molar-refractivity contribution >= 4 is 40.9 Å². The summed E-state index contributed by atoms with van der Waals surface area (Å²) >= 11 is 1.38. The molecule has 3 amide bonds. The summed E-state index contributed by atoms with van der Waals surface area (Å²) in [5.41, 5.74) is 6.66. The summed E-state index contributed by atoms with van der Waals surface area (Å²) < 4.78 is 0. The highest BCUT2D eigenvalue weighted by Gasteiger charge is 2.18. The van der Waals surface area contributed by atoms with Gasteiger partial charge in [-0.3, -0.25) is 14.4 Å². The van der Waals surface area contributed by atoms with Gasteiger partial charge in [0.1, 0.15) is 0 Å². The number of rotatable bonds is 7. The molecule has 2 aromatic carbocycles. The van der Waals surface area contributed by atoms with Crippen LogP contribution < -0.4 is 16.4 Å². The van der Waals surface area contributed by atoms with Crippen molar-refractivity contribution < 1.29 is 14.4 Å². The van der Waals surface area contributed by atoms with Gasteiger partial charge in [0.15, 0.2) is 0 Å². The molecule has 1 unspecified atom stereocenters. The van der Waals surface area contributed by atoms with Crippen LogP contribution in [-0.4, -0.2) is 23.0 Å². The van der Waals surface area contributed by atoms with Gasteiger partial charge in [0.05, 0.1) is 16.5 Å². The number of thioether (sulfide) groups is 1. The Morgan fingerprint density at radius 3 is 2.21 bits per heavy atom. The first-order valence-corrected chi connectivity index (χ1v) is 10.2. The van der Waals surface area contributed by atoms with E-state index in [2.05, 4.69) is 10.6 Å². The van der Waals surface area contributed by atoms with Crippen LogP contribution in [0.3, 0.4) is 0 Å². The molecule has 0 heterocycles. The SMILES string of the molecule is CC(Sc1ccc(NC(=O)CC(C)(C)C)cc1)C(=O)Nc1ccccc1C(N)=O. The highest BCUT2D eigenvalue weighted by molar-refractivity contribution is 8.00. The number of nitrogens with two attached hydrogens (primary N) is 1. The number of nitrogens with one attached hydrogen (secondary N) is 2. The molecule has 0 fully saturated rings. The van der Waals surface area contributed by atoms with Crippen molar-refractivity contribution in [1.29, 1.82) is 0 Å². The van der Waals surface area contributed by atoms with E-state index in [1.165, 1.54) is 11.8 Å². The van der Waals surface area contributed by atoms with E-state index in [1.54, 1.807) is 31.2 Å². The van der Waals surface area contributed by atoms with Crippen LogP contribution in [0, 0.1) is 5.41 Å². The molecule has 6 nitrogen and oxygen atoms in total. The molecule has 4 N–H and O–H groups in total. The fourth-order valence-corrected chi connectivity index (χ4v) is 3.47. The van der Waals surface area contributed by atoms with Crippen LogP contribution in [0.5, 0.6) is 0 Å². The van der Waals surface area contributed by atoms with Crippen LogP contribution in [0.15, 0.2) is 53.4 Å². The Morgan fingerprint density at radius 2 is 1.62 bits per heavy atom. The van der Waals surface area contributed by atoms with Crippen LogP contribution in [-0.2, 0) is 9.59 Å². The average Bonchev–Trinajstić information content (AvgIpc) is 2.62. The molecule has 0 spiro atoms. The van der Waals surface area contributed by atoms with Gasteiger partial charge in [-0.2, -0.15) is 0 Å². The zero-order valence-corrected chi connectivity index (χ0v) is 17.9. The first-order chi connectivity index (χ1) is 13.5. The summed E-state index contributed by atoms with van der Waals surface area (Å²) in [6, 6.07) is 14.0. The summed E-state index contributed by atoms with van der Waals surface area (Å²) in [5.74, 6) is -0.852. The van der Waals surface area contributed by atoms with Crippen LogP contribution >= 0.6 is 11.8 Å². The molecule has 0 radical (unpaired) electrons. The second-order valence-electron chi connectivity index (χ2n) is 7.97. The zero-order chi connectivity index (χ0) is 21.6. The summed E-state index contributed by atoms with van der Waals surface area (Å²) in [6.45, 7) is 7.83. The number of amides is 3. The van der Waals surface area contributed by atoms with Crippen LogP contribution in [0.25, 0.3) is 0 Å². The summed E-state index contributed by atoms with van der Waals surface area (Å²) in [6.07, 6.45) is 0.438. The molecule has 0 aliphatic rings. The Kier molecular flexibility index (Phi) is 7.45. The minimum absolute atomic E-state index is 0.0289. The third-order valence-corrected chi connectivity index (χ3v) is 5.07. The molecule has 2 rings (SSSR count). The molecule has 7 heteroatoms. The van der Waals surface area contributed by atoms with Crippen molar-refractivity contribution in [2.45, 2.75) is 44.3 Å². The van der Waals surface area contributed by atoms with Gasteiger partial charge in [0.25, 0.3) is 5.91 Å². The maximum absolute atomic E-state index is 12.5. The first-order valence-electron chi connectivity index (χ1n) is 9.31. The largest absolute Gasteiger partial charge is 0.366 e. The van der Waals surface area contributed by atoms with Crippen molar-refractivity contribution in [3.63, 3.8) is 0 Å². The number of hydrogen-bond donors (Lipinski definition) is 3. The summed E-state index contributed by atoms with van der Waals surface area (Å²) in [7, 11) is 0. The predicted octanol–water partition coefficient (Wildman–Crippen LogP) is 4.28. The van der Waals surface area contributed by atoms with E-state index in [0.717, 1.165) is 10.6 Å². The van der Waals surface area contributed by atoms with Gasteiger partial charge in [-0.25, -0.2) is 0 Å². The van der Waals surface area contributed by atoms with Gasteiger partial charge in [-0.15, -0.1) is 11.8 Å². The fraction of sp³-hybridized carbons (Fsp3) is 0.318. The summed E-state index contributed by atoms with van der Waals surface area (Å²) in [5, 5.41) is 5.24. The number of carbonyl (C=O) groups is 3. The molecular formula is C22H27N3O3S. The molecule has 0 saturated heterocycles. The van der Waals surface area contributed by atoms with Gasteiger partial charge in [-0.1, -0.05) is 32.9 Å². The maximum atomic E-state index is 12.5. The number of benzene rings is 2. The number of para-hydroxylation sites is 1. The lowest BCUT2D eigenvalue weighted by molar-refractivity contribution is -0.118. The lowest BCUT2D eigenvalue weighted by Crippen LogP contribution is -2.24. The van der Waals surface area contributed by atoms with E-state index >= 15 is 0 Å². The smallest absolute Gasteiger partial charge is 0.250 e. The van der Waals surface area contributed by atoms with E-state index < -0.39 is 11.2 Å². The molecule has 29 heavy (non-hydrogen) atoms. The van der Waals surface area contributed by atoms with Gasteiger partial charge >= 0.3 is 0 Å². The summed E-state index contributed by atoms with van der Waals surface area (Å²) in [4.78, 5) is 36.9. The van der Waals surface area contributed by atoms with Crippen molar-refractivity contribution in [3.8, 4) is 0 Å². The number of anilines is 2. The normalized spacial score (nSPS) is 12.1. The minimum Gasteiger partial charge on any atom is -0.366 e. The zero-order valence-electron chi connectivity index (χ0n) is 17.1. The maximum Gasteiger partial charge on any atom is 0.250 e. The lowest BCUT2D eigenvalue weighted by atomic mass is 9.92. The third-order valence-electron chi connectivity index (χ3n) is 3.96. The van der Waals surface area contributed by atoms with Crippen molar-refractivity contribution in [2.24, 2.45) is 11.1 Å². The van der Waals surface area contributed by atoms with E-state index in [4.69, 9.17) is 5.73 Å². The Morgan fingerprint density at radius 1 is 1.00 bits per heavy atom. The third kappa shape index (κ3) is 7.27. The van der Waals surface area contributed by atoms with E-state index in [0.29, 0.717) is 12.1 Å². The van der Waals surface area contributed by atoms with E-state index in [-0.39, 0.29) is 22.8 Å². The Hall–Kier alpha value is -2.80. The van der Waals surface area contributed by atoms with E-state index in [9.17, 15) is 14.4 Å². The highest BCUT2D eigenvalue weighted by Crippen LogP contribution is 2.27. The topological polar surface area (TPSA) is 101 Å². The molecule has 1 atom stereocenters. The second-order valence-corrected chi connectivity index (χ2v) is 9.38. The van der Waals surface area contributed by atoms with Crippen molar-refractivity contribution in [1.82, 2.24) is 0 Å². The van der Waals surface area contributed by atoms with Crippen LogP contribution in [0.1, 0.15) is 44.5 Å². The van der Waals surface area contributed by atoms with Gasteiger partial charge in [-0.05, 0) is 48.7 Å². The Balaban J connectivity index is 1.95.